The number of Topliss-reactive ketones (excluding diaryl/α,β-unsaturated/α-hetero) is 1. The number of aromatic nitrogens is 1. The third-order valence-electron chi connectivity index (χ3n) is 6.13. The topological polar surface area (TPSA) is 57.5 Å². The van der Waals surface area contributed by atoms with Crippen LogP contribution in [0, 0.1) is 13.8 Å². The molecule has 5 nitrogen and oxygen atoms in total. The number of hydrogen-bond donors (Lipinski definition) is 0. The van der Waals surface area contributed by atoms with Crippen molar-refractivity contribution in [2.45, 2.75) is 45.3 Å². The molecule has 1 aliphatic rings. The minimum absolute atomic E-state index is 0.190. The molecule has 1 unspecified atom stereocenters. The molecule has 1 aromatic heterocycles. The van der Waals surface area contributed by atoms with Crippen molar-refractivity contribution in [3.63, 3.8) is 0 Å². The molecule has 0 bridgehead atoms. The average molecular weight is 432 g/mol. The van der Waals surface area contributed by atoms with Crippen LogP contribution in [-0.4, -0.2) is 35.6 Å². The number of ketones is 1. The van der Waals surface area contributed by atoms with Crippen molar-refractivity contribution in [2.24, 2.45) is 0 Å². The van der Waals surface area contributed by atoms with Gasteiger partial charge in [-0.1, -0.05) is 60.7 Å². The second-order valence-electron chi connectivity index (χ2n) is 8.32. The van der Waals surface area contributed by atoms with Crippen LogP contribution in [0.1, 0.15) is 51.6 Å². The molecule has 4 rings (SSSR count). The fraction of sp³-hybridized carbons (Fsp3) is 0.333. The Balaban J connectivity index is 1.47. The number of rotatable bonds is 8. The van der Waals surface area contributed by atoms with Gasteiger partial charge >= 0.3 is 5.97 Å². The van der Waals surface area contributed by atoms with Gasteiger partial charge in [-0.15, -0.1) is 0 Å². The van der Waals surface area contributed by atoms with Crippen LogP contribution < -0.4 is 0 Å². The van der Waals surface area contributed by atoms with Crippen LogP contribution in [0.3, 0.4) is 0 Å². The maximum atomic E-state index is 13.1. The molecule has 1 atom stereocenters. The zero-order chi connectivity index (χ0) is 22.5. The maximum absolute atomic E-state index is 13.1. The van der Waals surface area contributed by atoms with Crippen LogP contribution in [0.4, 0.5) is 0 Å². The highest BCUT2D eigenvalue weighted by Gasteiger charge is 2.26. The lowest BCUT2D eigenvalue weighted by Gasteiger charge is -2.17. The van der Waals surface area contributed by atoms with E-state index in [4.69, 9.17) is 9.47 Å². The van der Waals surface area contributed by atoms with E-state index in [0.29, 0.717) is 5.56 Å². The lowest BCUT2D eigenvalue weighted by molar-refractivity contribution is -0.143. The van der Waals surface area contributed by atoms with Gasteiger partial charge in [0.2, 0.25) is 5.78 Å². The van der Waals surface area contributed by atoms with Gasteiger partial charge in [-0.05, 0) is 43.9 Å². The molecule has 3 aromatic rings. The minimum atomic E-state index is -0.572. The van der Waals surface area contributed by atoms with Crippen LogP contribution >= 0.6 is 0 Å². The van der Waals surface area contributed by atoms with Crippen LogP contribution in [0.25, 0.3) is 0 Å². The molecule has 2 aromatic carbocycles. The summed E-state index contributed by atoms with van der Waals surface area (Å²) in [5.74, 6) is -1.19. The summed E-state index contributed by atoms with van der Waals surface area (Å²) < 4.78 is 13.4. The Morgan fingerprint density at radius 3 is 2.22 bits per heavy atom. The molecule has 0 spiro atoms. The molecule has 0 amide bonds. The van der Waals surface area contributed by atoms with Crippen molar-refractivity contribution in [3.05, 3.63) is 94.8 Å². The van der Waals surface area contributed by atoms with E-state index in [0.717, 1.165) is 48.5 Å². The Labute approximate surface area is 189 Å². The fourth-order valence-corrected chi connectivity index (χ4v) is 4.41. The second kappa shape index (κ2) is 9.96. The van der Waals surface area contributed by atoms with Crippen molar-refractivity contribution in [3.8, 4) is 0 Å². The van der Waals surface area contributed by atoms with Gasteiger partial charge in [-0.25, -0.2) is 0 Å². The first-order valence-corrected chi connectivity index (χ1v) is 11.1. The first-order chi connectivity index (χ1) is 15.5. The van der Waals surface area contributed by atoms with E-state index >= 15 is 0 Å². The quantitative estimate of drug-likeness (QED) is 0.378. The largest absolute Gasteiger partial charge is 0.457 e. The van der Waals surface area contributed by atoms with Crippen molar-refractivity contribution in [1.29, 1.82) is 0 Å². The molecule has 0 aliphatic carbocycles. The summed E-state index contributed by atoms with van der Waals surface area (Å²) >= 11 is 0. The van der Waals surface area contributed by atoms with E-state index in [1.165, 1.54) is 0 Å². The number of aryl methyl sites for hydroxylation is 1. The monoisotopic (exact) mass is 431 g/mol. The van der Waals surface area contributed by atoms with Crippen molar-refractivity contribution < 1.29 is 19.1 Å². The Morgan fingerprint density at radius 2 is 1.66 bits per heavy atom. The summed E-state index contributed by atoms with van der Waals surface area (Å²) in [5.41, 5.74) is 4.18. The summed E-state index contributed by atoms with van der Waals surface area (Å²) in [5, 5.41) is 0. The summed E-state index contributed by atoms with van der Waals surface area (Å²) in [6, 6.07) is 20.9. The predicted molar refractivity (Wildman–Crippen MR) is 123 cm³/mol. The molecule has 2 heterocycles. The third-order valence-corrected chi connectivity index (χ3v) is 6.13. The lowest BCUT2D eigenvalue weighted by Crippen LogP contribution is -2.21. The summed E-state index contributed by atoms with van der Waals surface area (Å²) in [6.45, 7) is 5.20. The van der Waals surface area contributed by atoms with Crippen LogP contribution in [-0.2, 0) is 20.8 Å². The highest BCUT2D eigenvalue weighted by molar-refractivity contribution is 5.99. The number of hydrogen-bond acceptors (Lipinski definition) is 4. The second-order valence-corrected chi connectivity index (χ2v) is 8.32. The standard InChI is InChI=1S/C27H29NO4/c1-19-16-24(20(2)28(19)17-23-14-9-15-31-23)25(29)18-32-27(30)26(21-10-5-3-6-11-21)22-12-7-4-8-13-22/h3-8,10-13,16,23,26H,9,14-15,17-18H2,1-2H3. The average Bonchev–Trinajstić information content (AvgIpc) is 3.43. The molecule has 0 radical (unpaired) electrons. The molecule has 166 valence electrons. The molecule has 32 heavy (non-hydrogen) atoms. The Morgan fingerprint density at radius 1 is 1.03 bits per heavy atom. The number of nitrogens with zero attached hydrogens (tertiary/aromatic N) is 1. The molecule has 0 N–H and O–H groups in total. The van der Waals surface area contributed by atoms with E-state index in [-0.39, 0.29) is 18.5 Å². The Kier molecular flexibility index (Phi) is 6.86. The van der Waals surface area contributed by atoms with E-state index in [1.807, 2.05) is 80.6 Å². The molecular weight excluding hydrogens is 402 g/mol. The molecule has 0 saturated carbocycles. The Bertz CT molecular complexity index is 1030. The van der Waals surface area contributed by atoms with Crippen LogP contribution in [0.15, 0.2) is 66.7 Å². The zero-order valence-corrected chi connectivity index (χ0v) is 18.6. The first-order valence-electron chi connectivity index (χ1n) is 11.1. The normalized spacial score (nSPS) is 15.8. The van der Waals surface area contributed by atoms with Gasteiger partial charge in [-0.2, -0.15) is 0 Å². The van der Waals surface area contributed by atoms with Crippen molar-refractivity contribution >= 4 is 11.8 Å². The SMILES string of the molecule is Cc1cc(C(=O)COC(=O)C(c2ccccc2)c2ccccc2)c(C)n1CC1CCCO1. The minimum Gasteiger partial charge on any atom is -0.457 e. The summed E-state index contributed by atoms with van der Waals surface area (Å²) in [7, 11) is 0. The van der Waals surface area contributed by atoms with Gasteiger partial charge < -0.3 is 14.0 Å². The predicted octanol–water partition coefficient (Wildman–Crippen LogP) is 4.84. The van der Waals surface area contributed by atoms with E-state index < -0.39 is 11.9 Å². The maximum Gasteiger partial charge on any atom is 0.318 e. The van der Waals surface area contributed by atoms with Gasteiger partial charge in [0.1, 0.15) is 5.92 Å². The number of carbonyl (C=O) groups excluding carboxylic acids is 2. The zero-order valence-electron chi connectivity index (χ0n) is 18.6. The molecule has 1 saturated heterocycles. The van der Waals surface area contributed by atoms with Gasteiger partial charge in [0.15, 0.2) is 6.61 Å². The van der Waals surface area contributed by atoms with E-state index in [1.54, 1.807) is 0 Å². The number of benzene rings is 2. The van der Waals surface area contributed by atoms with Crippen LogP contribution in [0.5, 0.6) is 0 Å². The van der Waals surface area contributed by atoms with Gasteiger partial charge in [0.05, 0.1) is 6.10 Å². The molecule has 5 heteroatoms. The highest BCUT2D eigenvalue weighted by atomic mass is 16.5. The molecule has 1 aliphatic heterocycles. The van der Waals surface area contributed by atoms with E-state index in [2.05, 4.69) is 4.57 Å². The molecular formula is C27H29NO4. The van der Waals surface area contributed by atoms with E-state index in [9.17, 15) is 9.59 Å². The summed E-state index contributed by atoms with van der Waals surface area (Å²) in [6.07, 6.45) is 2.31. The highest BCUT2D eigenvalue weighted by Crippen LogP contribution is 2.26. The number of carbonyl (C=O) groups is 2. The summed E-state index contributed by atoms with van der Waals surface area (Å²) in [4.78, 5) is 26.0. The fourth-order valence-electron chi connectivity index (χ4n) is 4.41. The number of esters is 1. The molecule has 1 fully saturated rings. The van der Waals surface area contributed by atoms with Crippen molar-refractivity contribution in [2.75, 3.05) is 13.2 Å². The van der Waals surface area contributed by atoms with Gasteiger partial charge in [-0.3, -0.25) is 9.59 Å². The van der Waals surface area contributed by atoms with Gasteiger partial charge in [0, 0.05) is 30.1 Å². The smallest absolute Gasteiger partial charge is 0.318 e. The van der Waals surface area contributed by atoms with Crippen LogP contribution in [0.2, 0.25) is 0 Å². The van der Waals surface area contributed by atoms with Crippen molar-refractivity contribution in [1.82, 2.24) is 4.57 Å². The first kappa shape index (κ1) is 22.0. The Hall–Kier alpha value is -3.18. The third kappa shape index (κ3) is 4.83. The lowest BCUT2D eigenvalue weighted by atomic mass is 9.91. The number of ether oxygens (including phenoxy) is 2. The van der Waals surface area contributed by atoms with Gasteiger partial charge in [0.25, 0.3) is 0 Å².